The fourth-order valence-electron chi connectivity index (χ4n) is 4.60. The summed E-state index contributed by atoms with van der Waals surface area (Å²) in [7, 11) is -4.92. The second kappa shape index (κ2) is 8.07. The number of ketones is 4. The molecule has 4 aromatic rings. The van der Waals surface area contributed by atoms with Crippen molar-refractivity contribution in [1.29, 1.82) is 0 Å². The maximum Gasteiger partial charge on any atom is 0.501 e. The van der Waals surface area contributed by atoms with Gasteiger partial charge in [-0.25, -0.2) is 0 Å². The van der Waals surface area contributed by atoms with Gasteiger partial charge in [-0.1, -0.05) is 72.8 Å². The molecule has 0 bridgehead atoms. The quantitative estimate of drug-likeness (QED) is 0.350. The zero-order chi connectivity index (χ0) is 25.9. The minimum absolute atomic E-state index is 0.00845. The second-order valence-corrected chi connectivity index (χ2v) is 9.49. The van der Waals surface area contributed by atoms with Crippen LogP contribution in [-0.2, 0) is 10.4 Å². The summed E-state index contributed by atoms with van der Waals surface area (Å²) >= 11 is 0. The smallest absolute Gasteiger partial charge is 0.352 e. The molecule has 0 saturated carbocycles. The minimum atomic E-state index is -4.92. The lowest BCUT2D eigenvalue weighted by molar-refractivity contribution is 0.0977. The molecule has 0 atom stereocenters. The van der Waals surface area contributed by atoms with E-state index in [1.165, 1.54) is 60.7 Å². The van der Waals surface area contributed by atoms with Crippen LogP contribution in [0.25, 0.3) is 0 Å². The number of fused-ring (bicyclic) bond motifs is 4. The fraction of sp³-hybridized carbons (Fsp3) is 0. The van der Waals surface area contributed by atoms with Crippen LogP contribution >= 0.6 is 0 Å². The highest BCUT2D eigenvalue weighted by Crippen LogP contribution is 2.36. The third-order valence-electron chi connectivity index (χ3n) is 6.21. The van der Waals surface area contributed by atoms with Crippen molar-refractivity contribution in [2.24, 2.45) is 0 Å². The number of hydrogen-bond donors (Lipinski definition) is 0. The minimum Gasteiger partial charge on any atom is -0.352 e. The molecular weight excluding hydrogens is 496 g/mol. The van der Waals surface area contributed by atoms with Gasteiger partial charge in [-0.2, -0.15) is 0 Å². The largest absolute Gasteiger partial charge is 0.501 e. The average molecular weight is 510 g/mol. The van der Waals surface area contributed by atoms with Crippen LogP contribution in [0.3, 0.4) is 0 Å². The first kappa shape index (κ1) is 22.6. The molecule has 180 valence electrons. The van der Waals surface area contributed by atoms with E-state index in [4.69, 9.17) is 8.37 Å². The molecule has 0 amide bonds. The van der Waals surface area contributed by atoms with Gasteiger partial charge in [-0.3, -0.25) is 19.2 Å². The molecule has 0 N–H and O–H groups in total. The first-order valence-corrected chi connectivity index (χ1v) is 12.4. The average Bonchev–Trinajstić information content (AvgIpc) is 2.90. The van der Waals surface area contributed by atoms with Gasteiger partial charge in [0.25, 0.3) is 0 Å². The van der Waals surface area contributed by atoms with Gasteiger partial charge in [0.05, 0.1) is 11.1 Å². The van der Waals surface area contributed by atoms with Gasteiger partial charge < -0.3 is 8.37 Å². The van der Waals surface area contributed by atoms with Crippen LogP contribution in [0.1, 0.15) is 63.7 Å². The number of carbonyl (C=O) groups excluding carboxylic acids is 4. The highest BCUT2D eigenvalue weighted by atomic mass is 32.3. The molecule has 0 unspecified atom stereocenters. The van der Waals surface area contributed by atoms with E-state index >= 15 is 0 Å². The molecule has 2 aliphatic carbocycles. The van der Waals surface area contributed by atoms with E-state index in [-0.39, 0.29) is 44.5 Å². The van der Waals surface area contributed by atoms with Crippen molar-refractivity contribution < 1.29 is 36.0 Å². The van der Waals surface area contributed by atoms with E-state index < -0.39 is 45.0 Å². The molecule has 0 spiro atoms. The fourth-order valence-corrected chi connectivity index (χ4v) is 5.35. The molecule has 8 nitrogen and oxygen atoms in total. The molecule has 6 rings (SSSR count). The maximum atomic E-state index is 13.2. The molecular formula is C28H14O8S. The zero-order valence-corrected chi connectivity index (χ0v) is 19.6. The Morgan fingerprint density at radius 2 is 0.730 bits per heavy atom. The van der Waals surface area contributed by atoms with Gasteiger partial charge >= 0.3 is 10.4 Å². The van der Waals surface area contributed by atoms with Crippen molar-refractivity contribution in [3.8, 4) is 11.5 Å². The van der Waals surface area contributed by atoms with E-state index in [1.807, 2.05) is 0 Å². The molecule has 4 aromatic carbocycles. The van der Waals surface area contributed by atoms with Crippen LogP contribution in [0.5, 0.6) is 11.5 Å². The number of rotatable bonds is 4. The highest BCUT2D eigenvalue weighted by Gasteiger charge is 2.36. The normalized spacial score (nSPS) is 13.8. The molecule has 0 heterocycles. The van der Waals surface area contributed by atoms with Crippen molar-refractivity contribution >= 4 is 33.5 Å². The van der Waals surface area contributed by atoms with Gasteiger partial charge in [0.2, 0.25) is 0 Å². The third-order valence-corrected chi connectivity index (χ3v) is 6.98. The van der Waals surface area contributed by atoms with Crippen molar-refractivity contribution in [3.05, 3.63) is 129 Å². The van der Waals surface area contributed by atoms with Crippen LogP contribution in [0.15, 0.2) is 84.9 Å². The lowest BCUT2D eigenvalue weighted by Crippen LogP contribution is -2.25. The lowest BCUT2D eigenvalue weighted by Gasteiger charge is -2.21. The molecule has 0 aliphatic heterocycles. The SMILES string of the molecule is O=C1c2ccccc2C(=O)c2c(OS(=O)(=O)Oc3cccc4c3C(=O)c3ccccc3C4=O)cccc21. The second-order valence-electron chi connectivity index (χ2n) is 8.34. The van der Waals surface area contributed by atoms with Crippen molar-refractivity contribution in [2.75, 3.05) is 0 Å². The summed E-state index contributed by atoms with van der Waals surface area (Å²) in [5.74, 6) is -2.86. The summed E-state index contributed by atoms with van der Waals surface area (Å²) in [6.07, 6.45) is 0. The zero-order valence-electron chi connectivity index (χ0n) is 18.8. The predicted octanol–water partition coefficient (Wildman–Crippen LogP) is 3.94. The molecule has 0 fully saturated rings. The van der Waals surface area contributed by atoms with Gasteiger partial charge in [0.1, 0.15) is 0 Å². The Morgan fingerprint density at radius 1 is 0.405 bits per heavy atom. The third kappa shape index (κ3) is 3.47. The van der Waals surface area contributed by atoms with Gasteiger partial charge in [-0.15, -0.1) is 8.42 Å². The Bertz CT molecular complexity index is 1690. The van der Waals surface area contributed by atoms with E-state index in [9.17, 15) is 27.6 Å². The number of carbonyl (C=O) groups is 4. The van der Waals surface area contributed by atoms with E-state index in [0.29, 0.717) is 0 Å². The summed E-state index contributed by atoms with van der Waals surface area (Å²) in [5, 5.41) is 0. The Kier molecular flexibility index (Phi) is 4.92. The van der Waals surface area contributed by atoms with Crippen LogP contribution in [0, 0.1) is 0 Å². The van der Waals surface area contributed by atoms with Crippen LogP contribution in [-0.4, -0.2) is 31.6 Å². The number of hydrogen-bond acceptors (Lipinski definition) is 8. The van der Waals surface area contributed by atoms with Gasteiger partial charge in [-0.05, 0) is 12.1 Å². The summed E-state index contributed by atoms with van der Waals surface area (Å²) in [4.78, 5) is 52.2. The Hall–Kier alpha value is -4.89. The van der Waals surface area contributed by atoms with Crippen molar-refractivity contribution in [1.82, 2.24) is 0 Å². The molecule has 9 heteroatoms. The van der Waals surface area contributed by atoms with E-state index in [2.05, 4.69) is 0 Å². The monoisotopic (exact) mass is 510 g/mol. The van der Waals surface area contributed by atoms with E-state index in [0.717, 1.165) is 0 Å². The van der Waals surface area contributed by atoms with Crippen molar-refractivity contribution in [3.63, 3.8) is 0 Å². The lowest BCUT2D eigenvalue weighted by atomic mass is 9.84. The molecule has 0 aromatic heterocycles. The molecule has 2 aliphatic rings. The Balaban J connectivity index is 1.38. The van der Waals surface area contributed by atoms with Gasteiger partial charge in [0.15, 0.2) is 34.6 Å². The highest BCUT2D eigenvalue weighted by molar-refractivity contribution is 7.82. The van der Waals surface area contributed by atoms with Crippen LogP contribution < -0.4 is 8.37 Å². The summed E-state index contributed by atoms with van der Waals surface area (Å²) in [6, 6.07) is 20.4. The Morgan fingerprint density at radius 3 is 1.11 bits per heavy atom. The summed E-state index contributed by atoms with van der Waals surface area (Å²) in [5.41, 5.74) is 0.203. The topological polar surface area (TPSA) is 121 Å². The summed E-state index contributed by atoms with van der Waals surface area (Å²) < 4.78 is 36.2. The van der Waals surface area contributed by atoms with Crippen LogP contribution in [0.2, 0.25) is 0 Å². The first-order chi connectivity index (χ1) is 17.8. The maximum absolute atomic E-state index is 13.2. The molecule has 0 saturated heterocycles. The van der Waals surface area contributed by atoms with E-state index in [1.54, 1.807) is 24.3 Å². The van der Waals surface area contributed by atoms with Gasteiger partial charge in [0, 0.05) is 33.4 Å². The first-order valence-electron chi connectivity index (χ1n) is 11.0. The number of benzene rings is 4. The summed E-state index contributed by atoms with van der Waals surface area (Å²) in [6.45, 7) is 0. The molecule has 0 radical (unpaired) electrons. The predicted molar refractivity (Wildman–Crippen MR) is 130 cm³/mol. The standard InChI is InChI=1S/C28H14O8S/c29-25-15-7-1-3-9-17(15)27(31)23-19(25)11-5-13-21(23)35-37(33,34)36-22-14-6-12-20-24(22)28(32)18-10-4-2-8-16(18)26(20)30/h1-14H. The molecule has 37 heavy (non-hydrogen) atoms. The van der Waals surface area contributed by atoms with Crippen LogP contribution in [0.4, 0.5) is 0 Å². The Labute approximate surface area is 210 Å². The van der Waals surface area contributed by atoms with Crippen molar-refractivity contribution in [2.45, 2.75) is 0 Å².